The highest BCUT2D eigenvalue weighted by atomic mass is 32.1. The Hall–Kier alpha value is -3.80. The van der Waals surface area contributed by atoms with Crippen molar-refractivity contribution in [3.8, 4) is 10.6 Å². The summed E-state index contributed by atoms with van der Waals surface area (Å²) in [5.41, 5.74) is 0.411. The lowest BCUT2D eigenvalue weighted by Crippen LogP contribution is -2.42. The fraction of sp³-hybridized carbons (Fsp3) is 0.300. The molecular formula is C20H19N3O8S. The number of anilines is 1. The zero-order chi connectivity index (χ0) is 23.6. The van der Waals surface area contributed by atoms with Gasteiger partial charge in [-0.05, 0) is 19.9 Å². The first-order valence-electron chi connectivity index (χ1n) is 9.39. The lowest BCUT2D eigenvalue weighted by Gasteiger charge is -2.29. The summed E-state index contributed by atoms with van der Waals surface area (Å²) in [7, 11) is 0. The Bertz CT molecular complexity index is 1130. The number of carbonyl (C=O) groups excluding carboxylic acids is 3. The Labute approximate surface area is 186 Å². The fourth-order valence-corrected chi connectivity index (χ4v) is 3.77. The average Bonchev–Trinajstić information content (AvgIpc) is 3.08. The van der Waals surface area contributed by atoms with Crippen LogP contribution in [0.1, 0.15) is 36.1 Å². The zero-order valence-corrected chi connectivity index (χ0v) is 18.4. The van der Waals surface area contributed by atoms with Crippen molar-refractivity contribution in [2.75, 3.05) is 11.9 Å². The summed E-state index contributed by atoms with van der Waals surface area (Å²) in [5.74, 6) is -3.69. The fourth-order valence-electron chi connectivity index (χ4n) is 2.77. The number of nitrogens with zero attached hydrogens (tertiary/aromatic N) is 2. The quantitative estimate of drug-likeness (QED) is 0.223. The summed E-state index contributed by atoms with van der Waals surface area (Å²) in [5, 5.41) is 14.4. The van der Waals surface area contributed by atoms with Crippen molar-refractivity contribution >= 4 is 40.6 Å². The largest absolute Gasteiger partial charge is 0.462 e. The van der Waals surface area contributed by atoms with Crippen molar-refractivity contribution in [1.82, 2.24) is 4.98 Å². The van der Waals surface area contributed by atoms with Crippen LogP contribution in [0.25, 0.3) is 10.6 Å². The highest BCUT2D eigenvalue weighted by molar-refractivity contribution is 7.17. The molecule has 1 saturated heterocycles. The van der Waals surface area contributed by atoms with Crippen molar-refractivity contribution in [3.05, 3.63) is 50.7 Å². The van der Waals surface area contributed by atoms with E-state index >= 15 is 0 Å². The molecule has 0 bridgehead atoms. The van der Waals surface area contributed by atoms with E-state index in [9.17, 15) is 24.5 Å². The summed E-state index contributed by atoms with van der Waals surface area (Å²) in [6.07, 6.45) is 1.09. The van der Waals surface area contributed by atoms with Crippen molar-refractivity contribution < 1.29 is 33.5 Å². The number of carbonyl (C=O) groups is 3. The molecule has 3 rings (SSSR count). The van der Waals surface area contributed by atoms with E-state index in [0.29, 0.717) is 16.4 Å². The van der Waals surface area contributed by atoms with Gasteiger partial charge in [0.2, 0.25) is 0 Å². The van der Waals surface area contributed by atoms with Crippen LogP contribution in [0, 0.1) is 17.0 Å². The first kappa shape index (κ1) is 22.9. The van der Waals surface area contributed by atoms with E-state index in [4.69, 9.17) is 14.2 Å². The number of aromatic nitrogens is 1. The number of hydrogen-bond donors (Lipinski definition) is 1. The van der Waals surface area contributed by atoms with Crippen molar-refractivity contribution in [3.63, 3.8) is 0 Å². The zero-order valence-electron chi connectivity index (χ0n) is 17.6. The molecule has 168 valence electrons. The molecule has 0 radical (unpaired) electrons. The van der Waals surface area contributed by atoms with E-state index in [2.05, 4.69) is 10.3 Å². The smallest absolute Gasteiger partial charge is 0.350 e. The number of hydrogen-bond acceptors (Lipinski definition) is 11. The van der Waals surface area contributed by atoms with E-state index in [-0.39, 0.29) is 28.3 Å². The van der Waals surface area contributed by atoms with Crippen LogP contribution < -0.4 is 5.32 Å². The third-order valence-electron chi connectivity index (χ3n) is 4.19. The molecule has 0 aliphatic carbocycles. The predicted molar refractivity (Wildman–Crippen MR) is 113 cm³/mol. The summed E-state index contributed by atoms with van der Waals surface area (Å²) in [6, 6.07) is 3.92. The number of aryl methyl sites for hydroxylation is 1. The second kappa shape index (κ2) is 8.75. The Kier molecular flexibility index (Phi) is 6.25. The normalized spacial score (nSPS) is 14.9. The Morgan fingerprint density at radius 3 is 2.56 bits per heavy atom. The molecule has 12 heteroatoms. The van der Waals surface area contributed by atoms with Gasteiger partial charge in [0.05, 0.1) is 17.2 Å². The summed E-state index contributed by atoms with van der Waals surface area (Å²) in [6.45, 7) is 6.33. The van der Waals surface area contributed by atoms with Crippen LogP contribution in [-0.2, 0) is 23.8 Å². The molecule has 11 nitrogen and oxygen atoms in total. The van der Waals surface area contributed by atoms with Gasteiger partial charge in [-0.3, -0.25) is 10.1 Å². The van der Waals surface area contributed by atoms with Crippen LogP contribution in [0.2, 0.25) is 0 Å². The molecule has 1 aliphatic heterocycles. The topological polar surface area (TPSA) is 147 Å². The van der Waals surface area contributed by atoms with Gasteiger partial charge in [-0.25, -0.2) is 19.4 Å². The second-order valence-electron chi connectivity index (χ2n) is 7.02. The monoisotopic (exact) mass is 461 g/mol. The Balaban J connectivity index is 2.01. The number of benzene rings is 1. The first-order valence-corrected chi connectivity index (χ1v) is 10.2. The van der Waals surface area contributed by atoms with Crippen LogP contribution in [-0.4, -0.2) is 40.2 Å². The Morgan fingerprint density at radius 2 is 1.97 bits per heavy atom. The van der Waals surface area contributed by atoms with Gasteiger partial charge in [0.15, 0.2) is 5.57 Å². The molecule has 0 saturated carbocycles. The average molecular weight is 461 g/mol. The SMILES string of the molecule is CCOC(=O)c1sc(-c2cc([N+](=O)[O-])ccc2NC=C2C(=O)OC(C)(C)OC2=O)nc1C. The molecule has 0 unspecified atom stereocenters. The summed E-state index contributed by atoms with van der Waals surface area (Å²) in [4.78, 5) is 51.7. The van der Waals surface area contributed by atoms with Gasteiger partial charge in [-0.2, -0.15) is 0 Å². The molecule has 1 N–H and O–H groups in total. The number of ether oxygens (including phenoxy) is 3. The number of nitro benzene ring substituents is 1. The van der Waals surface area contributed by atoms with Crippen LogP contribution in [0.4, 0.5) is 11.4 Å². The minimum absolute atomic E-state index is 0.186. The minimum atomic E-state index is -1.38. The number of thiazole rings is 1. The first-order chi connectivity index (χ1) is 15.0. The number of nitro groups is 1. The van der Waals surface area contributed by atoms with E-state index in [1.54, 1.807) is 13.8 Å². The van der Waals surface area contributed by atoms with Crippen LogP contribution in [0.15, 0.2) is 30.0 Å². The highest BCUT2D eigenvalue weighted by Crippen LogP contribution is 2.36. The van der Waals surface area contributed by atoms with Crippen molar-refractivity contribution in [2.24, 2.45) is 0 Å². The van der Waals surface area contributed by atoms with Gasteiger partial charge in [-0.15, -0.1) is 11.3 Å². The van der Waals surface area contributed by atoms with Gasteiger partial charge in [0, 0.05) is 43.4 Å². The maximum Gasteiger partial charge on any atom is 0.350 e. The molecular weight excluding hydrogens is 442 g/mol. The highest BCUT2D eigenvalue weighted by Gasteiger charge is 2.39. The van der Waals surface area contributed by atoms with E-state index in [1.807, 2.05) is 0 Å². The lowest BCUT2D eigenvalue weighted by molar-refractivity contribution is -0.384. The second-order valence-corrected chi connectivity index (χ2v) is 8.02. The summed E-state index contributed by atoms with van der Waals surface area (Å²) >= 11 is 1.01. The van der Waals surface area contributed by atoms with Crippen molar-refractivity contribution in [2.45, 2.75) is 33.5 Å². The molecule has 1 aromatic heterocycles. The standard InChI is InChI=1S/C20H19N3O8S/c1-5-29-19(26)15-10(2)22-16(32-15)12-8-11(23(27)28)6-7-14(12)21-9-13-17(24)30-20(3,4)31-18(13)25/h6-9,21H,5H2,1-4H3. The van der Waals surface area contributed by atoms with Gasteiger partial charge in [0.25, 0.3) is 11.5 Å². The third-order valence-corrected chi connectivity index (χ3v) is 5.36. The molecule has 2 heterocycles. The number of esters is 3. The van der Waals surface area contributed by atoms with E-state index in [0.717, 1.165) is 17.5 Å². The number of non-ortho nitro benzene ring substituents is 1. The molecule has 0 amide bonds. The molecule has 1 aliphatic rings. The van der Waals surface area contributed by atoms with Gasteiger partial charge in [-0.1, -0.05) is 0 Å². The molecule has 2 aromatic rings. The van der Waals surface area contributed by atoms with Gasteiger partial charge in [0.1, 0.15) is 9.88 Å². The van der Waals surface area contributed by atoms with E-state index in [1.165, 1.54) is 32.0 Å². The Morgan fingerprint density at radius 1 is 1.31 bits per heavy atom. The molecule has 32 heavy (non-hydrogen) atoms. The van der Waals surface area contributed by atoms with Gasteiger partial charge < -0.3 is 19.5 Å². The van der Waals surface area contributed by atoms with Gasteiger partial charge >= 0.3 is 17.9 Å². The maximum absolute atomic E-state index is 12.1. The summed E-state index contributed by atoms with van der Waals surface area (Å²) < 4.78 is 15.1. The number of rotatable bonds is 6. The lowest BCUT2D eigenvalue weighted by atomic mass is 10.1. The molecule has 0 spiro atoms. The third kappa shape index (κ3) is 4.75. The van der Waals surface area contributed by atoms with Crippen LogP contribution >= 0.6 is 11.3 Å². The number of cyclic esters (lactones) is 2. The number of nitrogens with one attached hydrogen (secondary N) is 1. The van der Waals surface area contributed by atoms with Crippen molar-refractivity contribution in [1.29, 1.82) is 0 Å². The predicted octanol–water partition coefficient (Wildman–Crippen LogP) is 3.34. The minimum Gasteiger partial charge on any atom is -0.462 e. The van der Waals surface area contributed by atoms with Crippen LogP contribution in [0.5, 0.6) is 0 Å². The maximum atomic E-state index is 12.1. The molecule has 1 fully saturated rings. The van der Waals surface area contributed by atoms with E-state index < -0.39 is 28.6 Å². The molecule has 1 aromatic carbocycles. The van der Waals surface area contributed by atoms with Crippen LogP contribution in [0.3, 0.4) is 0 Å². The molecule has 0 atom stereocenters.